The van der Waals surface area contributed by atoms with E-state index >= 15 is 0 Å². The van der Waals surface area contributed by atoms with Crippen LogP contribution in [0.1, 0.15) is 11.1 Å². The molecule has 0 aliphatic heterocycles. The molecule has 3 aromatic rings. The number of hydrogen-bond acceptors (Lipinski definition) is 4. The van der Waals surface area contributed by atoms with Crippen LogP contribution < -0.4 is 10.2 Å². The number of nitrogens with one attached hydrogen (secondary N) is 1. The van der Waals surface area contributed by atoms with Gasteiger partial charge >= 0.3 is 6.18 Å². The number of pyridine rings is 1. The summed E-state index contributed by atoms with van der Waals surface area (Å²) in [5.41, 5.74) is 3.79. The maximum atomic E-state index is 12.5. The van der Waals surface area contributed by atoms with E-state index in [0.717, 1.165) is 23.5 Å². The van der Waals surface area contributed by atoms with Crippen molar-refractivity contribution in [3.05, 3.63) is 84.1 Å². The number of anilines is 1. The summed E-state index contributed by atoms with van der Waals surface area (Å²) < 4.78 is 42.9. The van der Waals surface area contributed by atoms with Gasteiger partial charge in [0.15, 0.2) is 0 Å². The third-order valence-corrected chi connectivity index (χ3v) is 3.35. The van der Waals surface area contributed by atoms with Crippen molar-refractivity contribution in [2.75, 3.05) is 5.43 Å². The summed E-state index contributed by atoms with van der Waals surface area (Å²) >= 11 is 0. The summed E-state index contributed by atoms with van der Waals surface area (Å²) in [5, 5.41) is 4.12. The van der Waals surface area contributed by atoms with Gasteiger partial charge in [0, 0.05) is 12.3 Å². The van der Waals surface area contributed by atoms with Gasteiger partial charge in [0.2, 0.25) is 5.88 Å². The fourth-order valence-electron chi connectivity index (χ4n) is 2.05. The largest absolute Gasteiger partial charge is 0.439 e. The first-order valence-corrected chi connectivity index (χ1v) is 7.66. The van der Waals surface area contributed by atoms with E-state index < -0.39 is 11.7 Å². The number of nitrogens with zero attached hydrogens (tertiary/aromatic N) is 2. The molecule has 1 heterocycles. The van der Waals surface area contributed by atoms with Gasteiger partial charge in [-0.3, -0.25) is 5.43 Å². The first kappa shape index (κ1) is 17.5. The van der Waals surface area contributed by atoms with E-state index in [-0.39, 0.29) is 5.88 Å². The number of halogens is 3. The maximum absolute atomic E-state index is 12.5. The van der Waals surface area contributed by atoms with Gasteiger partial charge in [0.05, 0.1) is 17.5 Å². The first-order chi connectivity index (χ1) is 12.5. The molecule has 0 atom stereocenters. The minimum Gasteiger partial charge on any atom is -0.439 e. The molecule has 7 heteroatoms. The topological polar surface area (TPSA) is 46.5 Å². The molecule has 1 N–H and O–H groups in total. The fourth-order valence-corrected chi connectivity index (χ4v) is 2.05. The Bertz CT molecular complexity index is 861. The van der Waals surface area contributed by atoms with Gasteiger partial charge in [-0.05, 0) is 48.0 Å². The van der Waals surface area contributed by atoms with Crippen LogP contribution in [0.15, 0.2) is 78.0 Å². The Kier molecular flexibility index (Phi) is 5.17. The molecule has 4 nitrogen and oxygen atoms in total. The molecule has 0 spiro atoms. The van der Waals surface area contributed by atoms with Crippen molar-refractivity contribution in [2.24, 2.45) is 5.10 Å². The molecular formula is C19H14F3N3O. The fraction of sp³-hybridized carbons (Fsp3) is 0.0526. The number of hydrazone groups is 1. The number of para-hydroxylation sites is 1. The lowest BCUT2D eigenvalue weighted by atomic mass is 10.2. The third-order valence-electron chi connectivity index (χ3n) is 3.35. The second-order valence-electron chi connectivity index (χ2n) is 5.29. The van der Waals surface area contributed by atoms with Gasteiger partial charge in [-0.25, -0.2) is 4.98 Å². The number of ether oxygens (including phenoxy) is 1. The summed E-state index contributed by atoms with van der Waals surface area (Å²) in [4.78, 5) is 3.67. The predicted molar refractivity (Wildman–Crippen MR) is 93.4 cm³/mol. The number of aromatic nitrogens is 1. The molecule has 132 valence electrons. The second-order valence-corrected chi connectivity index (χ2v) is 5.29. The van der Waals surface area contributed by atoms with Crippen molar-refractivity contribution in [3.63, 3.8) is 0 Å². The van der Waals surface area contributed by atoms with Crippen molar-refractivity contribution in [3.8, 4) is 11.6 Å². The molecule has 0 unspecified atom stereocenters. The summed E-state index contributed by atoms with van der Waals surface area (Å²) in [6.07, 6.45) is -2.03. The van der Waals surface area contributed by atoms with Crippen LogP contribution in [0.5, 0.6) is 11.6 Å². The standard InChI is InChI=1S/C19H14F3N3O/c20-19(21,22)15-8-11-18(23-13-15)26-17-9-6-14(7-10-17)12-24-25-16-4-2-1-3-5-16/h1-13,25H. The molecule has 1 aromatic heterocycles. The van der Waals surface area contributed by atoms with E-state index in [1.807, 2.05) is 30.3 Å². The van der Waals surface area contributed by atoms with Crippen LogP contribution in [0.4, 0.5) is 18.9 Å². The van der Waals surface area contributed by atoms with Crippen LogP contribution in [0.2, 0.25) is 0 Å². The Balaban J connectivity index is 1.59. The summed E-state index contributed by atoms with van der Waals surface area (Å²) in [6.45, 7) is 0. The number of benzene rings is 2. The van der Waals surface area contributed by atoms with Crippen molar-refractivity contribution in [2.45, 2.75) is 6.18 Å². The van der Waals surface area contributed by atoms with E-state index in [2.05, 4.69) is 15.5 Å². The molecule has 0 fully saturated rings. The normalized spacial score (nSPS) is 11.5. The van der Waals surface area contributed by atoms with Gasteiger partial charge in [-0.15, -0.1) is 0 Å². The molecule has 0 bridgehead atoms. The van der Waals surface area contributed by atoms with Crippen LogP contribution in [0.3, 0.4) is 0 Å². The Morgan fingerprint density at radius 2 is 1.65 bits per heavy atom. The SMILES string of the molecule is FC(F)(F)c1ccc(Oc2ccc(C=NNc3ccccc3)cc2)nc1. The summed E-state index contributed by atoms with van der Waals surface area (Å²) in [7, 11) is 0. The van der Waals surface area contributed by atoms with Gasteiger partial charge in [-0.2, -0.15) is 18.3 Å². The molecular weight excluding hydrogens is 343 g/mol. The molecule has 0 aliphatic carbocycles. The molecule has 3 rings (SSSR count). The maximum Gasteiger partial charge on any atom is 0.417 e. The van der Waals surface area contributed by atoms with Crippen LogP contribution in [-0.4, -0.2) is 11.2 Å². The Morgan fingerprint density at radius 3 is 2.27 bits per heavy atom. The molecule has 0 amide bonds. The van der Waals surface area contributed by atoms with E-state index in [1.54, 1.807) is 30.5 Å². The number of rotatable bonds is 5. The Morgan fingerprint density at radius 1 is 0.923 bits per heavy atom. The number of hydrogen-bond donors (Lipinski definition) is 1. The predicted octanol–water partition coefficient (Wildman–Crippen LogP) is 5.34. The number of alkyl halides is 3. The van der Waals surface area contributed by atoms with E-state index in [9.17, 15) is 13.2 Å². The first-order valence-electron chi connectivity index (χ1n) is 7.66. The summed E-state index contributed by atoms with van der Waals surface area (Å²) in [6, 6.07) is 18.5. The van der Waals surface area contributed by atoms with Crippen LogP contribution in [0.25, 0.3) is 0 Å². The van der Waals surface area contributed by atoms with Gasteiger partial charge in [-0.1, -0.05) is 18.2 Å². The Hall–Kier alpha value is -3.35. The highest BCUT2D eigenvalue weighted by Gasteiger charge is 2.30. The average molecular weight is 357 g/mol. The lowest BCUT2D eigenvalue weighted by Gasteiger charge is -2.08. The summed E-state index contributed by atoms with van der Waals surface area (Å²) in [5.74, 6) is 0.551. The molecule has 0 radical (unpaired) electrons. The third kappa shape index (κ3) is 4.83. The lowest BCUT2D eigenvalue weighted by molar-refractivity contribution is -0.137. The van der Waals surface area contributed by atoms with E-state index in [1.165, 1.54) is 6.07 Å². The highest BCUT2D eigenvalue weighted by Crippen LogP contribution is 2.30. The van der Waals surface area contributed by atoms with Gasteiger partial charge in [0.1, 0.15) is 5.75 Å². The molecule has 2 aromatic carbocycles. The molecule has 0 saturated heterocycles. The molecule has 0 aliphatic rings. The van der Waals surface area contributed by atoms with Gasteiger partial charge in [0.25, 0.3) is 0 Å². The van der Waals surface area contributed by atoms with E-state index in [0.29, 0.717) is 5.75 Å². The Labute approximate surface area is 148 Å². The quantitative estimate of drug-likeness (QED) is 0.495. The molecule has 26 heavy (non-hydrogen) atoms. The zero-order valence-corrected chi connectivity index (χ0v) is 13.4. The molecule has 0 saturated carbocycles. The zero-order valence-electron chi connectivity index (χ0n) is 13.4. The van der Waals surface area contributed by atoms with Crippen LogP contribution >= 0.6 is 0 Å². The van der Waals surface area contributed by atoms with Crippen molar-refractivity contribution >= 4 is 11.9 Å². The van der Waals surface area contributed by atoms with Crippen molar-refractivity contribution < 1.29 is 17.9 Å². The minimum atomic E-state index is -4.42. The zero-order chi connectivity index (χ0) is 18.4. The minimum absolute atomic E-state index is 0.0881. The van der Waals surface area contributed by atoms with Crippen molar-refractivity contribution in [1.82, 2.24) is 4.98 Å². The lowest BCUT2D eigenvalue weighted by Crippen LogP contribution is -2.05. The van der Waals surface area contributed by atoms with Crippen LogP contribution in [0, 0.1) is 0 Å². The highest BCUT2D eigenvalue weighted by molar-refractivity contribution is 5.80. The van der Waals surface area contributed by atoms with E-state index in [4.69, 9.17) is 4.74 Å². The smallest absolute Gasteiger partial charge is 0.417 e. The second kappa shape index (κ2) is 7.69. The van der Waals surface area contributed by atoms with Crippen LogP contribution in [-0.2, 0) is 6.18 Å². The van der Waals surface area contributed by atoms with Crippen molar-refractivity contribution in [1.29, 1.82) is 0 Å². The average Bonchev–Trinajstić information content (AvgIpc) is 2.64. The van der Waals surface area contributed by atoms with Gasteiger partial charge < -0.3 is 4.74 Å². The highest BCUT2D eigenvalue weighted by atomic mass is 19.4. The monoisotopic (exact) mass is 357 g/mol.